The quantitative estimate of drug-likeness (QED) is 0.847. The van der Waals surface area contributed by atoms with Gasteiger partial charge in [0.05, 0.1) is 23.3 Å². The van der Waals surface area contributed by atoms with Crippen molar-refractivity contribution in [1.29, 1.82) is 0 Å². The first-order chi connectivity index (χ1) is 10.4. The van der Waals surface area contributed by atoms with Gasteiger partial charge < -0.3 is 4.90 Å². The van der Waals surface area contributed by atoms with Crippen LogP contribution < -0.4 is 0 Å². The van der Waals surface area contributed by atoms with E-state index >= 15 is 0 Å². The zero-order chi connectivity index (χ0) is 15.7. The van der Waals surface area contributed by atoms with E-state index in [4.69, 9.17) is 0 Å². The topological polar surface area (TPSA) is 68.8 Å². The third kappa shape index (κ3) is 2.88. The summed E-state index contributed by atoms with van der Waals surface area (Å²) in [7, 11) is 0. The number of likely N-dealkylation sites (tertiary alicyclic amines) is 1. The standard InChI is InChI=1S/C15H22N6O/c1-15(2,3)21-8-12(7-17-21)14(22)19-6-4-5-13(9-19)20-11-16-10-18-20/h7-8,10-11,13H,4-6,9H2,1-3H3. The number of rotatable bonds is 2. The molecule has 3 rings (SSSR count). The van der Waals surface area contributed by atoms with Gasteiger partial charge in [0, 0.05) is 19.3 Å². The maximum Gasteiger partial charge on any atom is 0.257 e. The molecule has 0 spiro atoms. The Hall–Kier alpha value is -2.18. The second-order valence-electron chi connectivity index (χ2n) is 6.77. The smallest absolute Gasteiger partial charge is 0.257 e. The lowest BCUT2D eigenvalue weighted by Gasteiger charge is -2.32. The van der Waals surface area contributed by atoms with E-state index < -0.39 is 0 Å². The zero-order valence-corrected chi connectivity index (χ0v) is 13.3. The second kappa shape index (κ2) is 5.55. The minimum absolute atomic E-state index is 0.0420. The van der Waals surface area contributed by atoms with Crippen molar-refractivity contribution in [2.75, 3.05) is 13.1 Å². The van der Waals surface area contributed by atoms with Gasteiger partial charge in [0.15, 0.2) is 0 Å². The fraction of sp³-hybridized carbons (Fsp3) is 0.600. The molecular formula is C15H22N6O. The highest BCUT2D eigenvalue weighted by Gasteiger charge is 2.27. The molecular weight excluding hydrogens is 280 g/mol. The van der Waals surface area contributed by atoms with Crippen LogP contribution in [0.1, 0.15) is 50.0 Å². The van der Waals surface area contributed by atoms with Crippen molar-refractivity contribution in [1.82, 2.24) is 29.4 Å². The third-order valence-corrected chi connectivity index (χ3v) is 4.01. The maximum absolute atomic E-state index is 12.7. The Morgan fingerprint density at radius 2 is 2.14 bits per heavy atom. The predicted octanol–water partition coefficient (Wildman–Crippen LogP) is 1.71. The van der Waals surface area contributed by atoms with Crippen LogP contribution in [-0.2, 0) is 5.54 Å². The fourth-order valence-corrected chi connectivity index (χ4v) is 2.74. The molecule has 22 heavy (non-hydrogen) atoms. The van der Waals surface area contributed by atoms with E-state index in [2.05, 4.69) is 36.0 Å². The molecule has 118 valence electrons. The molecule has 2 aromatic heterocycles. The first-order valence-electron chi connectivity index (χ1n) is 7.64. The summed E-state index contributed by atoms with van der Waals surface area (Å²) < 4.78 is 3.68. The van der Waals surface area contributed by atoms with Crippen molar-refractivity contribution in [3.8, 4) is 0 Å². The average Bonchev–Trinajstić information content (AvgIpc) is 3.17. The van der Waals surface area contributed by atoms with E-state index in [9.17, 15) is 4.79 Å². The van der Waals surface area contributed by atoms with Crippen LogP contribution in [0, 0.1) is 0 Å². The number of piperidine rings is 1. The lowest BCUT2D eigenvalue weighted by atomic mass is 10.1. The van der Waals surface area contributed by atoms with E-state index in [0.717, 1.165) is 19.4 Å². The van der Waals surface area contributed by atoms with Gasteiger partial charge in [0.1, 0.15) is 12.7 Å². The highest BCUT2D eigenvalue weighted by atomic mass is 16.2. The normalized spacial score (nSPS) is 19.4. The first-order valence-corrected chi connectivity index (χ1v) is 7.64. The van der Waals surface area contributed by atoms with Gasteiger partial charge in [0.25, 0.3) is 5.91 Å². The minimum Gasteiger partial charge on any atom is -0.336 e. The molecule has 0 bridgehead atoms. The summed E-state index contributed by atoms with van der Waals surface area (Å²) in [5.41, 5.74) is 0.526. The molecule has 0 aromatic carbocycles. The van der Waals surface area contributed by atoms with Crippen molar-refractivity contribution < 1.29 is 4.79 Å². The van der Waals surface area contributed by atoms with Gasteiger partial charge in [-0.05, 0) is 33.6 Å². The molecule has 0 saturated carbocycles. The highest BCUT2D eigenvalue weighted by molar-refractivity contribution is 5.93. The maximum atomic E-state index is 12.7. The Morgan fingerprint density at radius 3 is 2.77 bits per heavy atom. The molecule has 1 unspecified atom stereocenters. The van der Waals surface area contributed by atoms with Crippen molar-refractivity contribution in [2.45, 2.75) is 45.2 Å². The van der Waals surface area contributed by atoms with Crippen molar-refractivity contribution >= 4 is 5.91 Å². The Labute approximate surface area is 129 Å². The molecule has 3 heterocycles. The largest absolute Gasteiger partial charge is 0.336 e. The summed E-state index contributed by atoms with van der Waals surface area (Å²) >= 11 is 0. The molecule has 0 N–H and O–H groups in total. The van der Waals surface area contributed by atoms with Crippen molar-refractivity contribution in [3.05, 3.63) is 30.6 Å². The lowest BCUT2D eigenvalue weighted by molar-refractivity contribution is 0.0672. The molecule has 0 radical (unpaired) electrons. The molecule has 1 aliphatic rings. The van der Waals surface area contributed by atoms with Gasteiger partial charge in [-0.2, -0.15) is 10.2 Å². The highest BCUT2D eigenvalue weighted by Crippen LogP contribution is 2.22. The van der Waals surface area contributed by atoms with E-state index in [-0.39, 0.29) is 17.5 Å². The second-order valence-corrected chi connectivity index (χ2v) is 6.77. The van der Waals surface area contributed by atoms with Crippen molar-refractivity contribution in [2.24, 2.45) is 0 Å². The van der Waals surface area contributed by atoms with Gasteiger partial charge in [-0.15, -0.1) is 0 Å². The van der Waals surface area contributed by atoms with Crippen molar-refractivity contribution in [3.63, 3.8) is 0 Å². The molecule has 1 fully saturated rings. The number of nitrogens with zero attached hydrogens (tertiary/aromatic N) is 6. The van der Waals surface area contributed by atoms with Gasteiger partial charge in [-0.1, -0.05) is 0 Å². The van der Waals surface area contributed by atoms with E-state index in [1.54, 1.807) is 12.5 Å². The summed E-state index contributed by atoms with van der Waals surface area (Å²) in [6.07, 6.45) is 8.75. The Kier molecular flexibility index (Phi) is 3.72. The number of hydrogen-bond donors (Lipinski definition) is 0. The molecule has 0 aliphatic carbocycles. The van der Waals surface area contributed by atoms with Crippen LogP contribution >= 0.6 is 0 Å². The third-order valence-electron chi connectivity index (χ3n) is 4.01. The Morgan fingerprint density at radius 1 is 1.32 bits per heavy atom. The van der Waals surface area contributed by atoms with E-state index in [0.29, 0.717) is 12.1 Å². The van der Waals surface area contributed by atoms with Crippen LogP contribution in [0.5, 0.6) is 0 Å². The Bertz CT molecular complexity index is 639. The van der Waals surface area contributed by atoms with Gasteiger partial charge in [0.2, 0.25) is 0 Å². The number of carbonyl (C=O) groups is 1. The molecule has 1 saturated heterocycles. The summed E-state index contributed by atoms with van der Waals surface area (Å²) in [5.74, 6) is 0.0420. The average molecular weight is 302 g/mol. The first kappa shape index (κ1) is 14.7. The van der Waals surface area contributed by atoms with Crippen LogP contribution in [0.4, 0.5) is 0 Å². The predicted molar refractivity (Wildman–Crippen MR) is 81.4 cm³/mol. The zero-order valence-electron chi connectivity index (χ0n) is 13.3. The number of aromatic nitrogens is 5. The molecule has 7 nitrogen and oxygen atoms in total. The summed E-state index contributed by atoms with van der Waals surface area (Å²) in [6, 6.07) is 0.206. The van der Waals surface area contributed by atoms with Crippen LogP contribution in [0.2, 0.25) is 0 Å². The summed E-state index contributed by atoms with van der Waals surface area (Å²) in [5, 5.41) is 8.51. The molecule has 7 heteroatoms. The summed E-state index contributed by atoms with van der Waals surface area (Å²) in [4.78, 5) is 18.6. The van der Waals surface area contributed by atoms with E-state index in [1.807, 2.05) is 20.5 Å². The van der Waals surface area contributed by atoms with Gasteiger partial charge in [-0.25, -0.2) is 9.67 Å². The lowest BCUT2D eigenvalue weighted by Crippen LogP contribution is -2.40. The van der Waals surface area contributed by atoms with Gasteiger partial charge >= 0.3 is 0 Å². The Balaban J connectivity index is 1.73. The van der Waals surface area contributed by atoms with Crippen LogP contribution in [0.25, 0.3) is 0 Å². The fourth-order valence-electron chi connectivity index (χ4n) is 2.74. The van der Waals surface area contributed by atoms with Crippen LogP contribution in [-0.4, -0.2) is 48.4 Å². The molecule has 2 aromatic rings. The SMILES string of the molecule is CC(C)(C)n1cc(C(=O)N2CCCC(n3cncn3)C2)cn1. The molecule has 1 atom stereocenters. The van der Waals surface area contributed by atoms with Crippen LogP contribution in [0.3, 0.4) is 0 Å². The van der Waals surface area contributed by atoms with Crippen LogP contribution in [0.15, 0.2) is 25.0 Å². The summed E-state index contributed by atoms with van der Waals surface area (Å²) in [6.45, 7) is 7.65. The minimum atomic E-state index is -0.121. The molecule has 1 aliphatic heterocycles. The monoisotopic (exact) mass is 302 g/mol. The van der Waals surface area contributed by atoms with Gasteiger partial charge in [-0.3, -0.25) is 9.48 Å². The number of amides is 1. The molecule has 1 amide bonds. The van der Waals surface area contributed by atoms with E-state index in [1.165, 1.54) is 6.33 Å². The number of carbonyl (C=O) groups excluding carboxylic acids is 1. The number of hydrogen-bond acceptors (Lipinski definition) is 4.